The van der Waals surface area contributed by atoms with E-state index in [1.165, 1.54) is 0 Å². The van der Waals surface area contributed by atoms with E-state index in [2.05, 4.69) is 9.97 Å². The van der Waals surface area contributed by atoms with Crippen molar-refractivity contribution in [2.45, 2.75) is 50.0 Å². The van der Waals surface area contributed by atoms with Crippen LogP contribution in [-0.4, -0.2) is 39.4 Å². The Balaban J connectivity index is 1.70. The van der Waals surface area contributed by atoms with Crippen molar-refractivity contribution < 1.29 is 13.6 Å². The molecule has 4 aromatic rings. The maximum absolute atomic E-state index is 14.9. The number of piperidine rings is 1. The second-order valence-electron chi connectivity index (χ2n) is 10.8. The molecule has 5 rings (SSSR count). The monoisotopic (exact) mass is 554 g/mol. The van der Waals surface area contributed by atoms with Crippen LogP contribution in [-0.2, 0) is 16.6 Å². The zero-order chi connectivity index (χ0) is 28.9. The first kappa shape index (κ1) is 28.4. The van der Waals surface area contributed by atoms with E-state index < -0.39 is 17.0 Å². The summed E-state index contributed by atoms with van der Waals surface area (Å²) in [5, 5.41) is 0. The van der Waals surface area contributed by atoms with E-state index in [1.54, 1.807) is 11.2 Å². The number of carbonyl (C=O) groups is 1. The van der Waals surface area contributed by atoms with Crippen molar-refractivity contribution in [2.24, 2.45) is 5.73 Å². The molecule has 212 valence electrons. The number of hydrogen-bond donors (Lipinski definition) is 2. The number of imidazole rings is 1. The van der Waals surface area contributed by atoms with Crippen LogP contribution in [0.3, 0.4) is 0 Å². The number of aromatic amines is 1. The van der Waals surface area contributed by atoms with Gasteiger partial charge < -0.3 is 15.6 Å². The highest BCUT2D eigenvalue weighted by Crippen LogP contribution is 2.49. The van der Waals surface area contributed by atoms with Crippen LogP contribution >= 0.6 is 0 Å². The molecular weight excluding hydrogens is 518 g/mol. The highest BCUT2D eigenvalue weighted by atomic mass is 19.3. The number of aryl methyl sites for hydroxylation is 2. The number of nitrogens with two attached hydrogens (primary N) is 1. The Morgan fingerprint density at radius 3 is 1.78 bits per heavy atom. The Morgan fingerprint density at radius 2 is 1.37 bits per heavy atom. The van der Waals surface area contributed by atoms with Crippen molar-refractivity contribution in [3.63, 3.8) is 0 Å². The van der Waals surface area contributed by atoms with E-state index in [9.17, 15) is 13.6 Å². The Kier molecular flexibility index (Phi) is 8.45. The highest BCUT2D eigenvalue weighted by molar-refractivity contribution is 5.91. The fourth-order valence-corrected chi connectivity index (χ4v) is 6.42. The van der Waals surface area contributed by atoms with E-state index >= 15 is 0 Å². The summed E-state index contributed by atoms with van der Waals surface area (Å²) < 4.78 is 26.8. The highest BCUT2D eigenvalue weighted by Gasteiger charge is 2.57. The second-order valence-corrected chi connectivity index (χ2v) is 10.8. The standard InChI is InChI=1S/C34H36F2N4O/c1-25-30(39-24-38-25)18-11-21-33(37,32(41)40-22-19-26(20-23-40)31(35)36)34(27-12-5-2-6-13-27,28-14-7-3-8-15-28)29-16-9-4-10-17-29/h2-10,12-17,24H,11,18-23,37H2,1H3,(H,38,39). The van der Waals surface area contributed by atoms with E-state index in [-0.39, 0.29) is 37.4 Å². The molecule has 1 fully saturated rings. The lowest BCUT2D eigenvalue weighted by atomic mass is 9.56. The summed E-state index contributed by atoms with van der Waals surface area (Å²) in [4.78, 5) is 24.2. The minimum Gasteiger partial charge on any atom is -0.348 e. The molecule has 0 aliphatic carbocycles. The molecule has 41 heavy (non-hydrogen) atoms. The number of nitrogens with one attached hydrogen (secondary N) is 1. The topological polar surface area (TPSA) is 75.0 Å². The average Bonchev–Trinajstić information content (AvgIpc) is 3.43. The van der Waals surface area contributed by atoms with Crippen molar-refractivity contribution in [3.05, 3.63) is 137 Å². The Hall–Kier alpha value is -4.10. The molecule has 1 aliphatic rings. The molecule has 0 bridgehead atoms. The first-order chi connectivity index (χ1) is 19.9. The van der Waals surface area contributed by atoms with Gasteiger partial charge in [-0.05, 0) is 61.3 Å². The van der Waals surface area contributed by atoms with Crippen LogP contribution < -0.4 is 5.73 Å². The van der Waals surface area contributed by atoms with Crippen molar-refractivity contribution in [2.75, 3.05) is 13.1 Å². The van der Waals surface area contributed by atoms with E-state index in [0.29, 0.717) is 19.3 Å². The van der Waals surface area contributed by atoms with Crippen molar-refractivity contribution in [3.8, 4) is 0 Å². The lowest BCUT2D eigenvalue weighted by molar-refractivity contribution is -0.139. The number of rotatable bonds is 9. The molecule has 0 radical (unpaired) electrons. The fourth-order valence-electron chi connectivity index (χ4n) is 6.42. The molecule has 1 aromatic heterocycles. The van der Waals surface area contributed by atoms with Gasteiger partial charge in [0.2, 0.25) is 5.91 Å². The minimum absolute atomic E-state index is 0.117. The lowest BCUT2D eigenvalue weighted by Gasteiger charge is -2.51. The summed E-state index contributed by atoms with van der Waals surface area (Å²) in [5.74, 6) is -0.230. The van der Waals surface area contributed by atoms with Crippen LogP contribution in [0.15, 0.2) is 109 Å². The summed E-state index contributed by atoms with van der Waals surface area (Å²) >= 11 is 0. The van der Waals surface area contributed by atoms with E-state index in [1.807, 2.05) is 97.9 Å². The Morgan fingerprint density at radius 1 is 0.878 bits per heavy atom. The molecule has 2 heterocycles. The van der Waals surface area contributed by atoms with Gasteiger partial charge in [-0.3, -0.25) is 4.79 Å². The third-order valence-corrected chi connectivity index (χ3v) is 8.51. The number of benzene rings is 3. The van der Waals surface area contributed by atoms with Crippen LogP contribution in [0.2, 0.25) is 0 Å². The molecule has 0 saturated carbocycles. The van der Waals surface area contributed by atoms with Gasteiger partial charge in [0.1, 0.15) is 5.54 Å². The summed E-state index contributed by atoms with van der Waals surface area (Å²) in [6.07, 6.45) is 1.94. The van der Waals surface area contributed by atoms with Gasteiger partial charge in [-0.15, -0.1) is 0 Å². The van der Waals surface area contributed by atoms with Gasteiger partial charge in [-0.2, -0.15) is 8.78 Å². The maximum Gasteiger partial charge on any atom is 0.269 e. The zero-order valence-corrected chi connectivity index (χ0v) is 23.3. The number of amides is 1. The van der Waals surface area contributed by atoms with E-state index in [0.717, 1.165) is 28.1 Å². The average molecular weight is 555 g/mol. The zero-order valence-electron chi connectivity index (χ0n) is 23.3. The number of halogens is 2. The van der Waals surface area contributed by atoms with Crippen LogP contribution in [0.4, 0.5) is 8.78 Å². The van der Waals surface area contributed by atoms with Gasteiger partial charge >= 0.3 is 0 Å². The summed E-state index contributed by atoms with van der Waals surface area (Å²) in [5.41, 5.74) is 9.88. The molecule has 1 atom stereocenters. The Bertz CT molecular complexity index is 1380. The van der Waals surface area contributed by atoms with Crippen LogP contribution in [0.5, 0.6) is 0 Å². The molecule has 3 aromatic carbocycles. The van der Waals surface area contributed by atoms with Gasteiger partial charge in [0.15, 0.2) is 0 Å². The second kappa shape index (κ2) is 12.2. The third-order valence-electron chi connectivity index (χ3n) is 8.51. The molecule has 1 amide bonds. The molecular formula is C34H36F2N4O. The SMILES string of the molecule is Cc1[nH]cnc1CCCC(N)(C(=O)N1CCC(=C(F)F)CC1)C(c1ccccc1)(c1ccccc1)c1ccccc1. The minimum atomic E-state index is -1.64. The first-order valence-corrected chi connectivity index (χ1v) is 14.1. The van der Waals surface area contributed by atoms with Gasteiger partial charge in [0.05, 0.1) is 17.4 Å². The number of aromatic nitrogens is 2. The number of likely N-dealkylation sites (tertiary alicyclic amines) is 1. The third kappa shape index (κ3) is 5.34. The first-order valence-electron chi connectivity index (χ1n) is 14.1. The molecule has 0 spiro atoms. The quantitative estimate of drug-likeness (QED) is 0.231. The lowest BCUT2D eigenvalue weighted by Crippen LogP contribution is -2.68. The van der Waals surface area contributed by atoms with Gasteiger partial charge in [-0.1, -0.05) is 91.0 Å². The van der Waals surface area contributed by atoms with Crippen LogP contribution in [0, 0.1) is 6.92 Å². The summed E-state index contributed by atoms with van der Waals surface area (Å²) in [7, 11) is 0. The molecule has 1 saturated heterocycles. The molecule has 1 unspecified atom stereocenters. The summed E-state index contributed by atoms with van der Waals surface area (Å²) in [6, 6.07) is 29.8. The van der Waals surface area contributed by atoms with Gasteiger partial charge in [-0.25, -0.2) is 4.98 Å². The number of H-pyrrole nitrogens is 1. The number of nitrogens with zero attached hydrogens (tertiary/aromatic N) is 2. The van der Waals surface area contributed by atoms with Gasteiger partial charge in [0.25, 0.3) is 6.08 Å². The molecule has 7 heteroatoms. The Labute approximate surface area is 240 Å². The van der Waals surface area contributed by atoms with Crippen molar-refractivity contribution in [1.82, 2.24) is 14.9 Å². The number of hydrogen-bond acceptors (Lipinski definition) is 3. The van der Waals surface area contributed by atoms with Crippen LogP contribution in [0.25, 0.3) is 0 Å². The predicted octanol–water partition coefficient (Wildman–Crippen LogP) is 6.55. The molecule has 5 nitrogen and oxygen atoms in total. The fraction of sp³-hybridized carbons (Fsp3) is 0.294. The maximum atomic E-state index is 14.9. The van der Waals surface area contributed by atoms with Crippen molar-refractivity contribution in [1.29, 1.82) is 0 Å². The molecule has 3 N–H and O–H groups in total. The normalized spacial score (nSPS) is 15.4. The molecule has 1 aliphatic heterocycles. The van der Waals surface area contributed by atoms with Crippen LogP contribution in [0.1, 0.15) is 53.8 Å². The largest absolute Gasteiger partial charge is 0.348 e. The number of carbonyl (C=O) groups excluding carboxylic acids is 1. The van der Waals surface area contributed by atoms with Gasteiger partial charge in [0, 0.05) is 18.8 Å². The summed E-state index contributed by atoms with van der Waals surface area (Å²) in [6.45, 7) is 2.39. The van der Waals surface area contributed by atoms with E-state index in [4.69, 9.17) is 5.73 Å². The smallest absolute Gasteiger partial charge is 0.269 e. The van der Waals surface area contributed by atoms with Crippen molar-refractivity contribution >= 4 is 5.91 Å². The predicted molar refractivity (Wildman–Crippen MR) is 157 cm³/mol.